The van der Waals surface area contributed by atoms with Gasteiger partial charge in [0.05, 0.1) is 13.7 Å². The molecule has 1 aliphatic carbocycles. The lowest BCUT2D eigenvalue weighted by Gasteiger charge is -2.31. The number of carbonyl (C=O) groups is 1. The van der Waals surface area contributed by atoms with Crippen LogP contribution in [0.2, 0.25) is 0 Å². The average Bonchev–Trinajstić information content (AvgIpc) is 2.63. The lowest BCUT2D eigenvalue weighted by atomic mass is 9.95. The Morgan fingerprint density at radius 1 is 1.25 bits per heavy atom. The van der Waals surface area contributed by atoms with Crippen LogP contribution >= 0.6 is 0 Å². The van der Waals surface area contributed by atoms with Crippen LogP contribution in [0.25, 0.3) is 0 Å². The molecular weight excluding hydrogens is 304 g/mol. The first-order chi connectivity index (χ1) is 11.7. The third-order valence-corrected chi connectivity index (χ3v) is 4.66. The van der Waals surface area contributed by atoms with Gasteiger partial charge in [0.25, 0.3) is 0 Å². The molecule has 0 spiro atoms. The molecule has 0 atom stereocenters. The predicted octanol–water partition coefficient (Wildman–Crippen LogP) is 3.61. The standard InChI is InChI=1S/C19H30N2O3/c1-4-24-17-11-10-15(14-18(17)23-3)12-13-20-19(22)21(2)16-8-6-5-7-9-16/h10-11,14,16H,4-9,12-13H2,1-3H3,(H,20,22). The number of ether oxygens (including phenoxy) is 2. The zero-order valence-electron chi connectivity index (χ0n) is 15.1. The first-order valence-electron chi connectivity index (χ1n) is 8.96. The fourth-order valence-corrected chi connectivity index (χ4v) is 3.21. The second kappa shape index (κ2) is 9.40. The smallest absolute Gasteiger partial charge is 0.317 e. The maximum Gasteiger partial charge on any atom is 0.317 e. The number of rotatable bonds is 7. The van der Waals surface area contributed by atoms with Gasteiger partial charge in [-0.05, 0) is 43.9 Å². The average molecular weight is 334 g/mol. The maximum absolute atomic E-state index is 12.3. The molecule has 1 aromatic rings. The summed E-state index contributed by atoms with van der Waals surface area (Å²) in [6.07, 6.45) is 6.78. The lowest BCUT2D eigenvalue weighted by Crippen LogP contribution is -2.44. The Labute approximate surface area is 145 Å². The van der Waals surface area contributed by atoms with Gasteiger partial charge in [-0.1, -0.05) is 25.3 Å². The molecule has 134 valence electrons. The number of nitrogens with one attached hydrogen (secondary N) is 1. The highest BCUT2D eigenvalue weighted by molar-refractivity contribution is 5.74. The third kappa shape index (κ3) is 5.05. The molecule has 1 saturated carbocycles. The number of hydrogen-bond acceptors (Lipinski definition) is 3. The number of carbonyl (C=O) groups excluding carboxylic acids is 1. The molecule has 0 radical (unpaired) electrons. The maximum atomic E-state index is 12.3. The van der Waals surface area contributed by atoms with Crippen molar-refractivity contribution in [1.82, 2.24) is 10.2 Å². The van der Waals surface area contributed by atoms with Gasteiger partial charge in [-0.3, -0.25) is 0 Å². The normalized spacial score (nSPS) is 15.0. The minimum absolute atomic E-state index is 0.0276. The van der Waals surface area contributed by atoms with Crippen molar-refractivity contribution in [2.75, 3.05) is 27.3 Å². The second-order valence-electron chi connectivity index (χ2n) is 6.30. The van der Waals surface area contributed by atoms with Crippen molar-refractivity contribution in [3.63, 3.8) is 0 Å². The number of nitrogens with zero attached hydrogens (tertiary/aromatic N) is 1. The summed E-state index contributed by atoms with van der Waals surface area (Å²) < 4.78 is 10.9. The van der Waals surface area contributed by atoms with Gasteiger partial charge >= 0.3 is 6.03 Å². The highest BCUT2D eigenvalue weighted by atomic mass is 16.5. The zero-order chi connectivity index (χ0) is 17.4. The minimum Gasteiger partial charge on any atom is -0.493 e. The molecule has 0 heterocycles. The molecular formula is C19H30N2O3. The molecule has 1 aliphatic rings. The summed E-state index contributed by atoms with van der Waals surface area (Å²) in [5, 5.41) is 3.02. The van der Waals surface area contributed by atoms with E-state index in [9.17, 15) is 4.79 Å². The van der Waals surface area contributed by atoms with Crippen molar-refractivity contribution >= 4 is 6.03 Å². The van der Waals surface area contributed by atoms with E-state index in [0.717, 1.165) is 36.3 Å². The Kier molecular flexibility index (Phi) is 7.22. The van der Waals surface area contributed by atoms with Crippen LogP contribution < -0.4 is 14.8 Å². The van der Waals surface area contributed by atoms with Crippen LogP contribution in [0.15, 0.2) is 18.2 Å². The number of hydrogen-bond donors (Lipinski definition) is 1. The molecule has 2 rings (SSSR count). The molecule has 1 aromatic carbocycles. The van der Waals surface area contributed by atoms with Gasteiger partial charge in [-0.15, -0.1) is 0 Å². The van der Waals surface area contributed by atoms with Crippen molar-refractivity contribution < 1.29 is 14.3 Å². The Hall–Kier alpha value is -1.91. The summed E-state index contributed by atoms with van der Waals surface area (Å²) >= 11 is 0. The summed E-state index contributed by atoms with van der Waals surface area (Å²) in [7, 11) is 3.55. The van der Waals surface area contributed by atoms with Crippen LogP contribution in [0, 0.1) is 0 Å². The van der Waals surface area contributed by atoms with E-state index in [1.807, 2.05) is 37.1 Å². The molecule has 0 aliphatic heterocycles. The minimum atomic E-state index is 0.0276. The summed E-state index contributed by atoms with van der Waals surface area (Å²) in [4.78, 5) is 14.1. The molecule has 2 amide bonds. The van der Waals surface area contributed by atoms with Gasteiger partial charge in [0.1, 0.15) is 0 Å². The van der Waals surface area contributed by atoms with Crippen LogP contribution in [0.4, 0.5) is 4.79 Å². The first kappa shape index (κ1) is 18.4. The van der Waals surface area contributed by atoms with Gasteiger partial charge in [-0.25, -0.2) is 4.79 Å². The number of methoxy groups -OCH3 is 1. The molecule has 0 saturated heterocycles. The van der Waals surface area contributed by atoms with E-state index in [2.05, 4.69) is 5.32 Å². The van der Waals surface area contributed by atoms with Crippen molar-refractivity contribution in [2.24, 2.45) is 0 Å². The molecule has 1 N–H and O–H groups in total. The highest BCUT2D eigenvalue weighted by Crippen LogP contribution is 2.28. The number of urea groups is 1. The molecule has 5 heteroatoms. The van der Waals surface area contributed by atoms with Crippen molar-refractivity contribution in [1.29, 1.82) is 0 Å². The third-order valence-electron chi connectivity index (χ3n) is 4.66. The van der Waals surface area contributed by atoms with E-state index >= 15 is 0 Å². The molecule has 24 heavy (non-hydrogen) atoms. The second-order valence-corrected chi connectivity index (χ2v) is 6.30. The van der Waals surface area contributed by atoms with Crippen LogP contribution in [0.1, 0.15) is 44.6 Å². The van der Waals surface area contributed by atoms with Crippen molar-refractivity contribution in [3.05, 3.63) is 23.8 Å². The van der Waals surface area contributed by atoms with E-state index < -0.39 is 0 Å². The topological polar surface area (TPSA) is 50.8 Å². The highest BCUT2D eigenvalue weighted by Gasteiger charge is 2.21. The summed E-state index contributed by atoms with van der Waals surface area (Å²) in [6.45, 7) is 3.18. The Morgan fingerprint density at radius 3 is 2.67 bits per heavy atom. The van der Waals surface area contributed by atoms with E-state index in [1.54, 1.807) is 7.11 Å². The fourth-order valence-electron chi connectivity index (χ4n) is 3.21. The van der Waals surface area contributed by atoms with Gasteiger partial charge in [-0.2, -0.15) is 0 Å². The lowest BCUT2D eigenvalue weighted by molar-refractivity contribution is 0.174. The molecule has 0 aromatic heterocycles. The predicted molar refractivity (Wildman–Crippen MR) is 95.9 cm³/mol. The fraction of sp³-hybridized carbons (Fsp3) is 0.632. The number of benzene rings is 1. The van der Waals surface area contributed by atoms with E-state index in [-0.39, 0.29) is 6.03 Å². The molecule has 5 nitrogen and oxygen atoms in total. The monoisotopic (exact) mass is 334 g/mol. The van der Waals surface area contributed by atoms with Crippen LogP contribution in [0.5, 0.6) is 11.5 Å². The molecule has 1 fully saturated rings. The molecule has 0 bridgehead atoms. The Morgan fingerprint density at radius 2 is 2.00 bits per heavy atom. The zero-order valence-corrected chi connectivity index (χ0v) is 15.1. The van der Waals surface area contributed by atoms with E-state index in [4.69, 9.17) is 9.47 Å². The quantitative estimate of drug-likeness (QED) is 0.829. The Balaban J connectivity index is 1.81. The number of amides is 2. The summed E-state index contributed by atoms with van der Waals surface area (Å²) in [5.41, 5.74) is 1.12. The SMILES string of the molecule is CCOc1ccc(CCNC(=O)N(C)C2CCCCC2)cc1OC. The van der Waals surface area contributed by atoms with Crippen LogP contribution in [0.3, 0.4) is 0 Å². The van der Waals surface area contributed by atoms with Crippen LogP contribution in [-0.2, 0) is 6.42 Å². The van der Waals surface area contributed by atoms with Gasteiger partial charge in [0.2, 0.25) is 0 Å². The van der Waals surface area contributed by atoms with Gasteiger partial charge in [0.15, 0.2) is 11.5 Å². The van der Waals surface area contributed by atoms with E-state index in [1.165, 1.54) is 19.3 Å². The first-order valence-corrected chi connectivity index (χ1v) is 8.96. The summed E-state index contributed by atoms with van der Waals surface area (Å²) in [5.74, 6) is 1.49. The Bertz CT molecular complexity index is 527. The van der Waals surface area contributed by atoms with Crippen LogP contribution in [-0.4, -0.2) is 44.3 Å². The van der Waals surface area contributed by atoms with Gasteiger partial charge in [0, 0.05) is 19.6 Å². The largest absolute Gasteiger partial charge is 0.493 e. The van der Waals surface area contributed by atoms with Crippen molar-refractivity contribution in [2.45, 2.75) is 51.5 Å². The van der Waals surface area contributed by atoms with Gasteiger partial charge < -0.3 is 19.7 Å². The molecule has 0 unspecified atom stereocenters. The van der Waals surface area contributed by atoms with Crippen molar-refractivity contribution in [3.8, 4) is 11.5 Å². The van der Waals surface area contributed by atoms with E-state index in [0.29, 0.717) is 19.2 Å². The summed E-state index contributed by atoms with van der Waals surface area (Å²) in [6, 6.07) is 6.34.